The number of rotatable bonds is 4. The van der Waals surface area contributed by atoms with Crippen molar-refractivity contribution < 1.29 is 9.59 Å². The minimum Gasteiger partial charge on any atom is -0.351 e. The fraction of sp³-hybridized carbons (Fsp3) is 0.273. The van der Waals surface area contributed by atoms with Gasteiger partial charge in [0.15, 0.2) is 0 Å². The van der Waals surface area contributed by atoms with E-state index in [1.165, 1.54) is 0 Å². The molecule has 0 saturated carbocycles. The van der Waals surface area contributed by atoms with Gasteiger partial charge in [-0.3, -0.25) is 0 Å². The first-order valence-electron chi connectivity index (χ1n) is 4.73. The highest BCUT2D eigenvalue weighted by molar-refractivity contribution is 5.87. The van der Waals surface area contributed by atoms with E-state index < -0.39 is 6.03 Å². The van der Waals surface area contributed by atoms with E-state index in [4.69, 9.17) is 5.73 Å². The first kappa shape index (κ1) is 11.2. The number of urea groups is 1. The molecule has 15 heavy (non-hydrogen) atoms. The number of benzene rings is 1. The third kappa shape index (κ3) is 3.42. The molecule has 1 atom stereocenters. The van der Waals surface area contributed by atoms with Crippen LogP contribution in [-0.4, -0.2) is 12.3 Å². The topological polar surface area (TPSA) is 72.2 Å². The summed E-state index contributed by atoms with van der Waals surface area (Å²) in [5, 5.41) is 2.47. The summed E-state index contributed by atoms with van der Waals surface area (Å²) < 4.78 is 0. The molecule has 4 nitrogen and oxygen atoms in total. The van der Waals surface area contributed by atoms with E-state index in [-0.39, 0.29) is 5.92 Å². The van der Waals surface area contributed by atoms with E-state index in [1.807, 2.05) is 19.1 Å². The van der Waals surface area contributed by atoms with Crippen LogP contribution in [0.25, 0.3) is 0 Å². The van der Waals surface area contributed by atoms with Crippen LogP contribution in [0, 0.1) is 0 Å². The first-order chi connectivity index (χ1) is 7.13. The molecule has 0 aliphatic heterocycles. The molecule has 0 bridgehead atoms. The fourth-order valence-corrected chi connectivity index (χ4v) is 1.32. The Morgan fingerprint density at radius 1 is 1.47 bits per heavy atom. The van der Waals surface area contributed by atoms with Crippen molar-refractivity contribution in [3.05, 3.63) is 29.8 Å². The number of primary amides is 1. The minimum atomic E-state index is -0.580. The zero-order valence-electron chi connectivity index (χ0n) is 8.57. The van der Waals surface area contributed by atoms with Gasteiger partial charge in [-0.25, -0.2) is 4.79 Å². The summed E-state index contributed by atoms with van der Waals surface area (Å²) in [6.45, 7) is 1.98. The third-order valence-corrected chi connectivity index (χ3v) is 2.20. The molecule has 0 fully saturated rings. The maximum atomic E-state index is 10.6. The highest BCUT2D eigenvalue weighted by atomic mass is 16.2. The van der Waals surface area contributed by atoms with Gasteiger partial charge in [0.05, 0.1) is 0 Å². The smallest absolute Gasteiger partial charge is 0.316 e. The number of hydrogen-bond donors (Lipinski definition) is 2. The van der Waals surface area contributed by atoms with Crippen LogP contribution in [0.2, 0.25) is 0 Å². The highest BCUT2D eigenvalue weighted by Crippen LogP contribution is 2.19. The van der Waals surface area contributed by atoms with Crippen LogP contribution in [0.1, 0.15) is 24.8 Å². The predicted octanol–water partition coefficient (Wildman–Crippen LogP) is 1.87. The monoisotopic (exact) mass is 206 g/mol. The van der Waals surface area contributed by atoms with Crippen molar-refractivity contribution in [1.82, 2.24) is 0 Å². The predicted molar refractivity (Wildman–Crippen MR) is 58.7 cm³/mol. The molecule has 80 valence electrons. The Kier molecular flexibility index (Phi) is 3.85. The Balaban J connectivity index is 2.71. The molecule has 4 heteroatoms. The van der Waals surface area contributed by atoms with Crippen LogP contribution in [-0.2, 0) is 4.79 Å². The molecule has 1 rings (SSSR count). The molecule has 0 aromatic heterocycles. The summed E-state index contributed by atoms with van der Waals surface area (Å²) in [5.41, 5.74) is 6.70. The standard InChI is InChI=1S/C11H14N2O2/c1-8(6-7-14)9-2-4-10(5-3-9)13-11(12)15/h2-5,7-8H,6H2,1H3,(H3,12,13,15). The summed E-state index contributed by atoms with van der Waals surface area (Å²) >= 11 is 0. The summed E-state index contributed by atoms with van der Waals surface area (Å²) in [6.07, 6.45) is 1.41. The Morgan fingerprint density at radius 2 is 2.07 bits per heavy atom. The average Bonchev–Trinajstić information content (AvgIpc) is 2.18. The van der Waals surface area contributed by atoms with Crippen molar-refractivity contribution in [1.29, 1.82) is 0 Å². The minimum absolute atomic E-state index is 0.199. The number of nitrogens with two attached hydrogens (primary N) is 1. The summed E-state index contributed by atoms with van der Waals surface area (Å²) in [5.74, 6) is 0.199. The van der Waals surface area contributed by atoms with E-state index in [1.54, 1.807) is 12.1 Å². The van der Waals surface area contributed by atoms with Gasteiger partial charge in [0.25, 0.3) is 0 Å². The van der Waals surface area contributed by atoms with Gasteiger partial charge in [-0.2, -0.15) is 0 Å². The van der Waals surface area contributed by atoms with Crippen molar-refractivity contribution in [3.8, 4) is 0 Å². The molecule has 2 amide bonds. The van der Waals surface area contributed by atoms with Gasteiger partial charge in [-0.1, -0.05) is 19.1 Å². The Hall–Kier alpha value is -1.84. The lowest BCUT2D eigenvalue weighted by Crippen LogP contribution is -2.19. The molecule has 0 heterocycles. The van der Waals surface area contributed by atoms with Crippen LogP contribution in [0.5, 0.6) is 0 Å². The maximum Gasteiger partial charge on any atom is 0.316 e. The zero-order valence-corrected chi connectivity index (χ0v) is 8.57. The SMILES string of the molecule is CC(CC=O)c1ccc(NC(N)=O)cc1. The fourth-order valence-electron chi connectivity index (χ4n) is 1.32. The summed E-state index contributed by atoms with van der Waals surface area (Å²) in [4.78, 5) is 20.9. The summed E-state index contributed by atoms with van der Waals surface area (Å²) in [7, 11) is 0. The van der Waals surface area contributed by atoms with Crippen LogP contribution < -0.4 is 11.1 Å². The molecule has 0 spiro atoms. The molecule has 0 aliphatic rings. The van der Waals surface area contributed by atoms with Gasteiger partial charge in [0, 0.05) is 12.1 Å². The van der Waals surface area contributed by atoms with Crippen molar-refractivity contribution in [2.75, 3.05) is 5.32 Å². The molecule has 0 aliphatic carbocycles. The molecular formula is C11H14N2O2. The first-order valence-corrected chi connectivity index (χ1v) is 4.73. The number of aldehydes is 1. The molecule has 3 N–H and O–H groups in total. The zero-order chi connectivity index (χ0) is 11.3. The normalized spacial score (nSPS) is 11.8. The van der Waals surface area contributed by atoms with E-state index in [0.29, 0.717) is 12.1 Å². The lowest BCUT2D eigenvalue weighted by Gasteiger charge is -2.09. The van der Waals surface area contributed by atoms with E-state index in [0.717, 1.165) is 11.8 Å². The van der Waals surface area contributed by atoms with Gasteiger partial charge in [-0.05, 0) is 23.6 Å². The van der Waals surface area contributed by atoms with E-state index in [2.05, 4.69) is 5.32 Å². The number of carbonyl (C=O) groups excluding carboxylic acids is 2. The Labute approximate surface area is 88.5 Å². The van der Waals surface area contributed by atoms with Gasteiger partial charge in [0.1, 0.15) is 6.29 Å². The van der Waals surface area contributed by atoms with Crippen LogP contribution in [0.15, 0.2) is 24.3 Å². The molecule has 0 saturated heterocycles. The molecule has 1 unspecified atom stereocenters. The average molecular weight is 206 g/mol. The number of amides is 2. The lowest BCUT2D eigenvalue weighted by atomic mass is 9.98. The van der Waals surface area contributed by atoms with Gasteiger partial charge < -0.3 is 15.8 Å². The van der Waals surface area contributed by atoms with Gasteiger partial charge in [0.2, 0.25) is 0 Å². The van der Waals surface area contributed by atoms with Crippen LogP contribution >= 0.6 is 0 Å². The number of hydrogen-bond acceptors (Lipinski definition) is 2. The highest BCUT2D eigenvalue weighted by Gasteiger charge is 2.04. The number of nitrogens with one attached hydrogen (secondary N) is 1. The van der Waals surface area contributed by atoms with Crippen LogP contribution in [0.3, 0.4) is 0 Å². The number of carbonyl (C=O) groups is 2. The number of anilines is 1. The molecule has 1 aromatic rings. The van der Waals surface area contributed by atoms with Crippen molar-refractivity contribution >= 4 is 18.0 Å². The van der Waals surface area contributed by atoms with Crippen molar-refractivity contribution in [3.63, 3.8) is 0 Å². The second-order valence-electron chi connectivity index (χ2n) is 3.41. The third-order valence-electron chi connectivity index (χ3n) is 2.20. The largest absolute Gasteiger partial charge is 0.351 e. The quantitative estimate of drug-likeness (QED) is 0.738. The van der Waals surface area contributed by atoms with Gasteiger partial charge in [-0.15, -0.1) is 0 Å². The second kappa shape index (κ2) is 5.14. The molecule has 1 aromatic carbocycles. The van der Waals surface area contributed by atoms with E-state index in [9.17, 15) is 9.59 Å². The second-order valence-corrected chi connectivity index (χ2v) is 3.41. The maximum absolute atomic E-state index is 10.6. The Bertz CT molecular complexity index is 346. The lowest BCUT2D eigenvalue weighted by molar-refractivity contribution is -0.108. The molecular weight excluding hydrogens is 192 g/mol. The molecule has 0 radical (unpaired) electrons. The van der Waals surface area contributed by atoms with Crippen molar-refractivity contribution in [2.45, 2.75) is 19.3 Å². The van der Waals surface area contributed by atoms with Crippen LogP contribution in [0.4, 0.5) is 10.5 Å². The summed E-state index contributed by atoms with van der Waals surface area (Å²) in [6, 6.07) is 6.70. The van der Waals surface area contributed by atoms with Crippen molar-refractivity contribution in [2.24, 2.45) is 5.73 Å². The Morgan fingerprint density at radius 3 is 2.53 bits per heavy atom. The van der Waals surface area contributed by atoms with Gasteiger partial charge >= 0.3 is 6.03 Å². The van der Waals surface area contributed by atoms with E-state index >= 15 is 0 Å².